The summed E-state index contributed by atoms with van der Waals surface area (Å²) in [6.07, 6.45) is 1.53. The number of aromatic nitrogens is 4. The lowest BCUT2D eigenvalue weighted by atomic mass is 10.2. The van der Waals surface area contributed by atoms with Crippen molar-refractivity contribution in [3.63, 3.8) is 0 Å². The second-order valence-corrected chi connectivity index (χ2v) is 4.04. The molecular formula is C9H11ClN4O. The molecule has 0 amide bonds. The van der Waals surface area contributed by atoms with Gasteiger partial charge in [0.25, 0.3) is 5.56 Å². The zero-order valence-corrected chi connectivity index (χ0v) is 9.49. The third-order valence-corrected chi connectivity index (χ3v) is 2.59. The Morgan fingerprint density at radius 3 is 2.73 bits per heavy atom. The number of fused-ring (bicyclic) bond motifs is 1. The number of halogens is 1. The molecule has 0 atom stereocenters. The molecule has 0 spiro atoms. The zero-order valence-electron chi connectivity index (χ0n) is 8.73. The second-order valence-electron chi connectivity index (χ2n) is 3.70. The number of hydrogen-bond donors (Lipinski definition) is 0. The predicted molar refractivity (Wildman–Crippen MR) is 57.3 cm³/mol. The summed E-state index contributed by atoms with van der Waals surface area (Å²) in [5.74, 6) is 0.938. The minimum absolute atomic E-state index is 0.160. The van der Waals surface area contributed by atoms with Crippen LogP contribution in [-0.4, -0.2) is 19.2 Å². The van der Waals surface area contributed by atoms with Crippen LogP contribution in [-0.2, 0) is 7.05 Å². The fourth-order valence-electron chi connectivity index (χ4n) is 1.41. The first kappa shape index (κ1) is 10.2. The largest absolute Gasteiger partial charge is 0.283 e. The molecule has 80 valence electrons. The van der Waals surface area contributed by atoms with Crippen molar-refractivity contribution in [3.8, 4) is 0 Å². The molecule has 0 radical (unpaired) electrons. The van der Waals surface area contributed by atoms with E-state index in [1.165, 1.54) is 15.3 Å². The van der Waals surface area contributed by atoms with Crippen molar-refractivity contribution in [3.05, 3.63) is 27.7 Å². The Balaban J connectivity index is 2.90. The minimum atomic E-state index is -0.186. The number of hydrogen-bond acceptors (Lipinski definition) is 3. The molecule has 0 aliphatic rings. The lowest BCUT2D eigenvalue weighted by Gasteiger charge is -2.05. The summed E-state index contributed by atoms with van der Waals surface area (Å²) in [5, 5.41) is 4.26. The van der Waals surface area contributed by atoms with Crippen LogP contribution in [0.5, 0.6) is 0 Å². The third-order valence-electron chi connectivity index (χ3n) is 2.26. The van der Waals surface area contributed by atoms with Gasteiger partial charge in [-0.25, -0.2) is 9.50 Å². The van der Waals surface area contributed by atoms with Gasteiger partial charge < -0.3 is 0 Å². The van der Waals surface area contributed by atoms with E-state index in [4.69, 9.17) is 11.6 Å². The van der Waals surface area contributed by atoms with Gasteiger partial charge in [-0.2, -0.15) is 0 Å². The Kier molecular flexibility index (Phi) is 2.26. The van der Waals surface area contributed by atoms with Gasteiger partial charge in [0.1, 0.15) is 5.82 Å². The summed E-state index contributed by atoms with van der Waals surface area (Å²) in [6.45, 7) is 3.98. The molecule has 2 aromatic heterocycles. The van der Waals surface area contributed by atoms with E-state index in [1.54, 1.807) is 7.05 Å². The minimum Gasteiger partial charge on any atom is -0.283 e. The molecule has 0 saturated carbocycles. The highest BCUT2D eigenvalue weighted by molar-refractivity contribution is 6.28. The van der Waals surface area contributed by atoms with Gasteiger partial charge in [0.05, 0.1) is 6.20 Å². The first-order chi connectivity index (χ1) is 7.02. The fraction of sp³-hybridized carbons (Fsp3) is 0.444. The standard InChI is InChI=1S/C9H11ClN4O/c1-5(2)7-11-4-6-8(15)13(3)9(10)12-14(6)7/h4-5H,1-3H3. The topological polar surface area (TPSA) is 52.2 Å². The van der Waals surface area contributed by atoms with Crippen molar-refractivity contribution in [2.75, 3.05) is 0 Å². The van der Waals surface area contributed by atoms with Gasteiger partial charge in [0.2, 0.25) is 5.28 Å². The highest BCUT2D eigenvalue weighted by Gasteiger charge is 2.13. The molecule has 0 saturated heterocycles. The van der Waals surface area contributed by atoms with Crippen molar-refractivity contribution in [1.82, 2.24) is 19.2 Å². The van der Waals surface area contributed by atoms with E-state index in [1.807, 2.05) is 13.8 Å². The Bertz CT molecular complexity index is 569. The van der Waals surface area contributed by atoms with Crippen molar-refractivity contribution < 1.29 is 0 Å². The van der Waals surface area contributed by atoms with E-state index in [-0.39, 0.29) is 16.8 Å². The number of nitrogens with zero attached hydrogens (tertiary/aromatic N) is 4. The fourth-order valence-corrected chi connectivity index (χ4v) is 1.56. The van der Waals surface area contributed by atoms with Crippen LogP contribution >= 0.6 is 11.6 Å². The SMILES string of the molecule is CC(C)c1ncc2c(=O)n(C)c(Cl)nn12. The van der Waals surface area contributed by atoms with Gasteiger partial charge in [-0.15, -0.1) is 5.10 Å². The molecule has 2 heterocycles. The van der Waals surface area contributed by atoms with Gasteiger partial charge in [-0.3, -0.25) is 9.36 Å². The molecule has 0 bridgehead atoms. The first-order valence-electron chi connectivity index (χ1n) is 4.62. The summed E-state index contributed by atoms with van der Waals surface area (Å²) in [4.78, 5) is 15.9. The lowest BCUT2D eigenvalue weighted by molar-refractivity contribution is 0.693. The van der Waals surface area contributed by atoms with E-state index in [2.05, 4.69) is 10.1 Å². The Labute approximate surface area is 91.3 Å². The van der Waals surface area contributed by atoms with Crippen molar-refractivity contribution in [2.24, 2.45) is 7.05 Å². The van der Waals surface area contributed by atoms with Crippen LogP contribution in [0, 0.1) is 0 Å². The molecule has 0 N–H and O–H groups in total. The monoisotopic (exact) mass is 226 g/mol. The molecule has 2 aromatic rings. The maximum Gasteiger partial charge on any atom is 0.280 e. The van der Waals surface area contributed by atoms with Crippen LogP contribution in [0.4, 0.5) is 0 Å². The second kappa shape index (κ2) is 3.34. The average molecular weight is 227 g/mol. The van der Waals surface area contributed by atoms with Gasteiger partial charge in [-0.05, 0) is 11.6 Å². The zero-order chi connectivity index (χ0) is 11.2. The summed E-state index contributed by atoms with van der Waals surface area (Å²) < 4.78 is 2.80. The molecule has 0 aliphatic heterocycles. The van der Waals surface area contributed by atoms with E-state index in [0.717, 1.165) is 5.82 Å². The molecule has 2 rings (SSSR count). The summed E-state index contributed by atoms with van der Waals surface area (Å²) in [7, 11) is 1.58. The summed E-state index contributed by atoms with van der Waals surface area (Å²) >= 11 is 5.83. The van der Waals surface area contributed by atoms with E-state index in [9.17, 15) is 4.79 Å². The summed E-state index contributed by atoms with van der Waals surface area (Å²) in [5.41, 5.74) is 0.264. The Hall–Kier alpha value is -1.36. The van der Waals surface area contributed by atoms with Crippen LogP contribution < -0.4 is 5.56 Å². The maximum absolute atomic E-state index is 11.8. The van der Waals surface area contributed by atoms with Gasteiger partial charge in [0.15, 0.2) is 5.52 Å². The van der Waals surface area contributed by atoms with E-state index >= 15 is 0 Å². The molecule has 0 fully saturated rings. The van der Waals surface area contributed by atoms with Crippen LogP contribution in [0.1, 0.15) is 25.6 Å². The Morgan fingerprint density at radius 2 is 2.13 bits per heavy atom. The van der Waals surface area contributed by atoms with Crippen LogP contribution in [0.3, 0.4) is 0 Å². The number of rotatable bonds is 1. The van der Waals surface area contributed by atoms with Crippen molar-refractivity contribution >= 4 is 17.1 Å². The molecule has 0 unspecified atom stereocenters. The normalized spacial score (nSPS) is 11.5. The first-order valence-corrected chi connectivity index (χ1v) is 5.00. The molecule has 15 heavy (non-hydrogen) atoms. The molecular weight excluding hydrogens is 216 g/mol. The third kappa shape index (κ3) is 1.43. The highest BCUT2D eigenvalue weighted by atomic mass is 35.5. The van der Waals surface area contributed by atoms with E-state index < -0.39 is 0 Å². The quantitative estimate of drug-likeness (QED) is 0.734. The number of imidazole rings is 1. The lowest BCUT2D eigenvalue weighted by Crippen LogP contribution is -2.22. The summed E-state index contributed by atoms with van der Waals surface area (Å²) in [6, 6.07) is 0. The predicted octanol–water partition coefficient (Wildman–Crippen LogP) is 1.20. The van der Waals surface area contributed by atoms with Gasteiger partial charge >= 0.3 is 0 Å². The van der Waals surface area contributed by atoms with Gasteiger partial charge in [0, 0.05) is 13.0 Å². The van der Waals surface area contributed by atoms with E-state index in [0.29, 0.717) is 5.52 Å². The molecule has 0 aliphatic carbocycles. The van der Waals surface area contributed by atoms with Crippen LogP contribution in [0.2, 0.25) is 5.28 Å². The maximum atomic E-state index is 11.8. The highest BCUT2D eigenvalue weighted by Crippen LogP contribution is 2.13. The van der Waals surface area contributed by atoms with Crippen LogP contribution in [0.15, 0.2) is 11.0 Å². The smallest absolute Gasteiger partial charge is 0.280 e. The van der Waals surface area contributed by atoms with Crippen molar-refractivity contribution in [2.45, 2.75) is 19.8 Å². The molecule has 0 aromatic carbocycles. The van der Waals surface area contributed by atoms with Crippen LogP contribution in [0.25, 0.3) is 5.52 Å². The molecule has 6 heteroatoms. The molecule has 5 nitrogen and oxygen atoms in total. The average Bonchev–Trinajstić information content (AvgIpc) is 2.58. The van der Waals surface area contributed by atoms with Gasteiger partial charge in [-0.1, -0.05) is 13.8 Å². The van der Waals surface area contributed by atoms with Crippen molar-refractivity contribution in [1.29, 1.82) is 0 Å². The Morgan fingerprint density at radius 1 is 1.47 bits per heavy atom.